The number of hydrogen-bond donors (Lipinski definition) is 1. The summed E-state index contributed by atoms with van der Waals surface area (Å²) >= 11 is 0. The lowest BCUT2D eigenvalue weighted by Crippen LogP contribution is -2.29. The van der Waals surface area contributed by atoms with Gasteiger partial charge in [0.15, 0.2) is 0 Å². The van der Waals surface area contributed by atoms with Gasteiger partial charge in [-0.2, -0.15) is 0 Å². The summed E-state index contributed by atoms with van der Waals surface area (Å²) in [4.78, 5) is 0. The van der Waals surface area contributed by atoms with E-state index in [2.05, 4.69) is 20.8 Å². The maximum absolute atomic E-state index is 6.31. The van der Waals surface area contributed by atoms with Crippen LogP contribution in [0.2, 0.25) is 0 Å². The molecule has 0 aromatic heterocycles. The van der Waals surface area contributed by atoms with Crippen molar-refractivity contribution >= 4 is 0 Å². The first kappa shape index (κ1) is 17.0. The highest BCUT2D eigenvalue weighted by molar-refractivity contribution is 4.71. The molecule has 104 valence electrons. The van der Waals surface area contributed by atoms with Gasteiger partial charge in [0.05, 0.1) is 0 Å². The molecular formula is C16H35N. The summed E-state index contributed by atoms with van der Waals surface area (Å²) in [6.07, 6.45) is 14.8. The van der Waals surface area contributed by atoms with Crippen LogP contribution < -0.4 is 5.73 Å². The van der Waals surface area contributed by atoms with Crippen molar-refractivity contribution in [3.63, 3.8) is 0 Å². The van der Waals surface area contributed by atoms with Gasteiger partial charge >= 0.3 is 0 Å². The van der Waals surface area contributed by atoms with Crippen molar-refractivity contribution in [2.24, 2.45) is 11.7 Å². The Balaban J connectivity index is 3.50. The van der Waals surface area contributed by atoms with Gasteiger partial charge in [-0.3, -0.25) is 0 Å². The summed E-state index contributed by atoms with van der Waals surface area (Å²) in [5.41, 5.74) is 6.31. The third-order valence-electron chi connectivity index (χ3n) is 3.95. The van der Waals surface area contributed by atoms with Gasteiger partial charge in [-0.15, -0.1) is 0 Å². The van der Waals surface area contributed by atoms with Crippen LogP contribution in [0.3, 0.4) is 0 Å². The van der Waals surface area contributed by atoms with Crippen molar-refractivity contribution in [1.82, 2.24) is 0 Å². The van der Waals surface area contributed by atoms with E-state index in [-0.39, 0.29) is 0 Å². The van der Waals surface area contributed by atoms with Gasteiger partial charge in [0.25, 0.3) is 0 Å². The molecule has 0 aliphatic carbocycles. The van der Waals surface area contributed by atoms with E-state index in [1.807, 2.05) is 0 Å². The zero-order chi connectivity index (χ0) is 12.9. The van der Waals surface area contributed by atoms with Crippen LogP contribution in [0.15, 0.2) is 0 Å². The van der Waals surface area contributed by atoms with Crippen LogP contribution >= 0.6 is 0 Å². The molecule has 0 aromatic rings. The van der Waals surface area contributed by atoms with Gasteiger partial charge in [-0.05, 0) is 18.8 Å². The summed E-state index contributed by atoms with van der Waals surface area (Å²) in [7, 11) is 0. The molecule has 2 N–H and O–H groups in total. The summed E-state index contributed by atoms with van der Waals surface area (Å²) in [5.74, 6) is 0.769. The van der Waals surface area contributed by atoms with Crippen molar-refractivity contribution in [2.75, 3.05) is 0 Å². The van der Waals surface area contributed by atoms with Crippen LogP contribution in [-0.4, -0.2) is 6.04 Å². The Morgan fingerprint density at radius 2 is 1.29 bits per heavy atom. The van der Waals surface area contributed by atoms with Crippen LogP contribution in [-0.2, 0) is 0 Å². The molecule has 0 rings (SSSR count). The average Bonchev–Trinajstić information content (AvgIpc) is 2.34. The minimum absolute atomic E-state index is 0.456. The van der Waals surface area contributed by atoms with Crippen molar-refractivity contribution < 1.29 is 0 Å². The molecule has 0 bridgehead atoms. The van der Waals surface area contributed by atoms with Crippen molar-refractivity contribution in [3.05, 3.63) is 0 Å². The lowest BCUT2D eigenvalue weighted by molar-refractivity contribution is 0.346. The van der Waals surface area contributed by atoms with Gasteiger partial charge in [-0.1, -0.05) is 78.6 Å². The first-order valence-corrected chi connectivity index (χ1v) is 8.01. The molecule has 2 atom stereocenters. The zero-order valence-corrected chi connectivity index (χ0v) is 12.5. The molecule has 0 amide bonds. The molecule has 0 saturated carbocycles. The van der Waals surface area contributed by atoms with Crippen molar-refractivity contribution in [2.45, 2.75) is 97.4 Å². The SMILES string of the molecule is CCCCCCCCC(N)C(CC)CCCC. The second kappa shape index (κ2) is 12.4. The molecule has 0 aromatic carbocycles. The van der Waals surface area contributed by atoms with Gasteiger partial charge in [0, 0.05) is 6.04 Å². The van der Waals surface area contributed by atoms with Crippen molar-refractivity contribution in [3.8, 4) is 0 Å². The predicted molar refractivity (Wildman–Crippen MR) is 79.3 cm³/mol. The van der Waals surface area contributed by atoms with E-state index < -0.39 is 0 Å². The van der Waals surface area contributed by atoms with Crippen molar-refractivity contribution in [1.29, 1.82) is 0 Å². The third-order valence-corrected chi connectivity index (χ3v) is 3.95. The van der Waals surface area contributed by atoms with Crippen LogP contribution in [0.4, 0.5) is 0 Å². The monoisotopic (exact) mass is 241 g/mol. The van der Waals surface area contributed by atoms with Crippen LogP contribution in [0.5, 0.6) is 0 Å². The Labute approximate surface area is 110 Å². The number of hydrogen-bond acceptors (Lipinski definition) is 1. The molecule has 0 saturated heterocycles. The third kappa shape index (κ3) is 9.64. The fourth-order valence-electron chi connectivity index (χ4n) is 2.58. The minimum atomic E-state index is 0.456. The van der Waals surface area contributed by atoms with E-state index in [4.69, 9.17) is 5.73 Å². The molecule has 0 spiro atoms. The second-order valence-electron chi connectivity index (χ2n) is 5.53. The number of unbranched alkanes of at least 4 members (excludes halogenated alkanes) is 6. The molecule has 2 unspecified atom stereocenters. The molecular weight excluding hydrogens is 206 g/mol. The lowest BCUT2D eigenvalue weighted by Gasteiger charge is -2.22. The van der Waals surface area contributed by atoms with E-state index in [1.54, 1.807) is 0 Å². The molecule has 17 heavy (non-hydrogen) atoms. The normalized spacial score (nSPS) is 14.8. The first-order valence-electron chi connectivity index (χ1n) is 8.01. The standard InChI is InChI=1S/C16H35N/c1-4-7-9-10-11-12-14-16(17)15(6-3)13-8-5-2/h15-16H,4-14,17H2,1-3H3. The van der Waals surface area contributed by atoms with E-state index in [1.165, 1.54) is 70.6 Å². The fourth-order valence-corrected chi connectivity index (χ4v) is 2.58. The second-order valence-corrected chi connectivity index (χ2v) is 5.53. The van der Waals surface area contributed by atoms with E-state index in [0.29, 0.717) is 6.04 Å². The van der Waals surface area contributed by atoms with Gasteiger partial charge < -0.3 is 5.73 Å². The average molecular weight is 241 g/mol. The van der Waals surface area contributed by atoms with E-state index in [9.17, 15) is 0 Å². The van der Waals surface area contributed by atoms with Crippen LogP contribution in [0.25, 0.3) is 0 Å². The van der Waals surface area contributed by atoms with E-state index >= 15 is 0 Å². The smallest absolute Gasteiger partial charge is 0.00670 e. The Morgan fingerprint density at radius 1 is 0.706 bits per heavy atom. The van der Waals surface area contributed by atoms with Crippen LogP contribution in [0.1, 0.15) is 91.4 Å². The Morgan fingerprint density at radius 3 is 1.88 bits per heavy atom. The first-order chi connectivity index (χ1) is 8.26. The maximum Gasteiger partial charge on any atom is 0.00670 e. The molecule has 0 aliphatic heterocycles. The zero-order valence-electron chi connectivity index (χ0n) is 12.5. The quantitative estimate of drug-likeness (QED) is 0.462. The Kier molecular flexibility index (Phi) is 12.4. The summed E-state index contributed by atoms with van der Waals surface area (Å²) in [5, 5.41) is 0. The highest BCUT2D eigenvalue weighted by atomic mass is 14.6. The summed E-state index contributed by atoms with van der Waals surface area (Å²) in [6.45, 7) is 6.84. The van der Waals surface area contributed by atoms with Gasteiger partial charge in [0.2, 0.25) is 0 Å². The molecule has 0 fully saturated rings. The van der Waals surface area contributed by atoms with E-state index in [0.717, 1.165) is 5.92 Å². The summed E-state index contributed by atoms with van der Waals surface area (Å²) in [6, 6.07) is 0.456. The fraction of sp³-hybridized carbons (Fsp3) is 1.00. The van der Waals surface area contributed by atoms with Crippen LogP contribution in [0, 0.1) is 5.92 Å². The number of nitrogens with two attached hydrogens (primary N) is 1. The van der Waals surface area contributed by atoms with Gasteiger partial charge in [0.1, 0.15) is 0 Å². The topological polar surface area (TPSA) is 26.0 Å². The number of rotatable bonds is 12. The highest BCUT2D eigenvalue weighted by Gasteiger charge is 2.14. The lowest BCUT2D eigenvalue weighted by atomic mass is 9.88. The highest BCUT2D eigenvalue weighted by Crippen LogP contribution is 2.19. The molecule has 0 aliphatic rings. The largest absolute Gasteiger partial charge is 0.327 e. The summed E-state index contributed by atoms with van der Waals surface area (Å²) < 4.78 is 0. The predicted octanol–water partition coefficient (Wildman–Crippen LogP) is 5.28. The minimum Gasteiger partial charge on any atom is -0.327 e. The Bertz CT molecular complexity index is 144. The molecule has 1 nitrogen and oxygen atoms in total. The molecule has 0 radical (unpaired) electrons. The molecule has 1 heteroatoms. The van der Waals surface area contributed by atoms with Gasteiger partial charge in [-0.25, -0.2) is 0 Å². The molecule has 0 heterocycles. The maximum atomic E-state index is 6.31. The Hall–Kier alpha value is -0.0400.